The van der Waals surface area contributed by atoms with Crippen LogP contribution in [-0.2, 0) is 15.6 Å². The average molecular weight is 260 g/mol. The highest BCUT2D eigenvalue weighted by atomic mass is 32.2. The summed E-state index contributed by atoms with van der Waals surface area (Å²) in [5.74, 6) is -1.03. The van der Waals surface area contributed by atoms with Gasteiger partial charge in [0.25, 0.3) is 0 Å². The smallest absolute Gasteiger partial charge is 0.339 e. The molecule has 0 bridgehead atoms. The minimum atomic E-state index is -3.37. The number of hydrogen-bond donors (Lipinski definition) is 1. The molecule has 0 aliphatic heterocycles. The number of carboxylic acids is 1. The predicted molar refractivity (Wildman–Crippen MR) is 62.8 cm³/mol. The minimum absolute atomic E-state index is 0.00380. The Morgan fingerprint density at radius 3 is 2.29 bits per heavy atom. The van der Waals surface area contributed by atoms with E-state index in [1.807, 2.05) is 0 Å². The second-order valence-corrected chi connectivity index (χ2v) is 7.60. The van der Waals surface area contributed by atoms with Gasteiger partial charge in [-0.15, -0.1) is 0 Å². The van der Waals surface area contributed by atoms with Crippen LogP contribution in [-0.4, -0.2) is 24.2 Å². The first-order valence-corrected chi connectivity index (χ1v) is 6.75. The van der Waals surface area contributed by atoms with Crippen LogP contribution in [0.3, 0.4) is 0 Å². The summed E-state index contributed by atoms with van der Waals surface area (Å²) in [6.45, 7) is 6.28. The van der Waals surface area contributed by atoms with Crippen molar-refractivity contribution in [2.24, 2.45) is 0 Å². The molecular weight excluding hydrogens is 244 g/mol. The van der Waals surface area contributed by atoms with Gasteiger partial charge in [-0.05, 0) is 33.8 Å². The van der Waals surface area contributed by atoms with E-state index in [4.69, 9.17) is 9.52 Å². The van der Waals surface area contributed by atoms with Gasteiger partial charge in [0.15, 0.2) is 9.84 Å². The molecule has 1 aromatic heterocycles. The van der Waals surface area contributed by atoms with E-state index in [-0.39, 0.29) is 22.8 Å². The third-order valence-electron chi connectivity index (χ3n) is 2.46. The average Bonchev–Trinajstić information content (AvgIpc) is 2.43. The summed E-state index contributed by atoms with van der Waals surface area (Å²) >= 11 is 0. The molecule has 0 aromatic carbocycles. The number of aromatic carboxylic acids is 1. The Balaban J connectivity index is 3.06. The summed E-state index contributed by atoms with van der Waals surface area (Å²) < 4.78 is 28.1. The standard InChI is InChI=1S/C11H16O5S/c1-7-9(10(12)13)5-8(16-7)6-17(14,15)11(2,3)4/h5H,6H2,1-4H3,(H,12,13). The van der Waals surface area contributed by atoms with Crippen molar-refractivity contribution in [2.75, 3.05) is 0 Å². The molecule has 1 rings (SSSR count). The molecule has 0 unspecified atom stereocenters. The highest BCUT2D eigenvalue weighted by Gasteiger charge is 2.30. The number of rotatable bonds is 3. The van der Waals surface area contributed by atoms with Gasteiger partial charge in [-0.1, -0.05) is 0 Å². The lowest BCUT2D eigenvalue weighted by atomic mass is 10.2. The van der Waals surface area contributed by atoms with E-state index in [9.17, 15) is 13.2 Å². The van der Waals surface area contributed by atoms with Crippen molar-refractivity contribution in [1.82, 2.24) is 0 Å². The fourth-order valence-electron chi connectivity index (χ4n) is 1.23. The van der Waals surface area contributed by atoms with Crippen LogP contribution in [0.2, 0.25) is 0 Å². The van der Waals surface area contributed by atoms with E-state index in [0.29, 0.717) is 0 Å². The SMILES string of the molecule is Cc1oc(CS(=O)(=O)C(C)(C)C)cc1C(=O)O. The zero-order valence-corrected chi connectivity index (χ0v) is 11.1. The molecule has 5 nitrogen and oxygen atoms in total. The molecule has 0 atom stereocenters. The normalized spacial score (nSPS) is 12.7. The van der Waals surface area contributed by atoms with Crippen LogP contribution in [0.1, 0.15) is 42.6 Å². The Kier molecular flexibility index (Phi) is 3.38. The molecule has 0 amide bonds. The summed E-state index contributed by atoms with van der Waals surface area (Å²) in [4.78, 5) is 10.8. The molecule has 0 spiro atoms. The van der Waals surface area contributed by atoms with Crippen molar-refractivity contribution in [1.29, 1.82) is 0 Å². The van der Waals surface area contributed by atoms with Gasteiger partial charge in [-0.2, -0.15) is 0 Å². The quantitative estimate of drug-likeness (QED) is 0.898. The first kappa shape index (κ1) is 13.8. The zero-order valence-electron chi connectivity index (χ0n) is 10.3. The molecule has 0 radical (unpaired) electrons. The predicted octanol–water partition coefficient (Wildman–Crippen LogP) is 2.00. The molecule has 17 heavy (non-hydrogen) atoms. The first-order chi connectivity index (χ1) is 7.54. The second kappa shape index (κ2) is 4.18. The van der Waals surface area contributed by atoms with Crippen LogP contribution in [0.15, 0.2) is 10.5 Å². The van der Waals surface area contributed by atoms with Gasteiger partial charge < -0.3 is 9.52 Å². The molecule has 0 saturated heterocycles. The van der Waals surface area contributed by atoms with Gasteiger partial charge >= 0.3 is 5.97 Å². The second-order valence-electron chi connectivity index (χ2n) is 4.86. The maximum atomic E-state index is 11.9. The summed E-state index contributed by atoms with van der Waals surface area (Å²) in [5, 5.41) is 8.83. The van der Waals surface area contributed by atoms with Crippen molar-refractivity contribution in [3.8, 4) is 0 Å². The largest absolute Gasteiger partial charge is 0.478 e. The third-order valence-corrected chi connectivity index (χ3v) is 5.00. The number of furan rings is 1. The van der Waals surface area contributed by atoms with Crippen LogP contribution in [0, 0.1) is 6.92 Å². The van der Waals surface area contributed by atoms with Gasteiger partial charge in [-0.3, -0.25) is 0 Å². The molecular formula is C11H16O5S. The van der Waals surface area contributed by atoms with Gasteiger partial charge in [0, 0.05) is 0 Å². The molecule has 0 aliphatic rings. The molecule has 1 aromatic rings. The van der Waals surface area contributed by atoms with Crippen molar-refractivity contribution in [3.63, 3.8) is 0 Å². The third kappa shape index (κ3) is 2.88. The van der Waals surface area contributed by atoms with Crippen molar-refractivity contribution < 1.29 is 22.7 Å². The lowest BCUT2D eigenvalue weighted by Gasteiger charge is -2.17. The highest BCUT2D eigenvalue weighted by molar-refractivity contribution is 7.91. The molecule has 1 heterocycles. The lowest BCUT2D eigenvalue weighted by Crippen LogP contribution is -2.29. The topological polar surface area (TPSA) is 84.6 Å². The molecule has 0 saturated carbocycles. The Morgan fingerprint density at radius 2 is 1.94 bits per heavy atom. The van der Waals surface area contributed by atoms with E-state index in [1.54, 1.807) is 20.8 Å². The first-order valence-electron chi connectivity index (χ1n) is 5.09. The van der Waals surface area contributed by atoms with Gasteiger partial charge in [0.1, 0.15) is 22.8 Å². The van der Waals surface area contributed by atoms with Crippen molar-refractivity contribution in [2.45, 2.75) is 38.2 Å². The summed E-state index contributed by atoms with van der Waals surface area (Å²) in [6, 6.07) is 1.26. The van der Waals surface area contributed by atoms with Gasteiger partial charge in [0.2, 0.25) is 0 Å². The molecule has 96 valence electrons. The van der Waals surface area contributed by atoms with E-state index >= 15 is 0 Å². The van der Waals surface area contributed by atoms with Crippen molar-refractivity contribution >= 4 is 15.8 Å². The van der Waals surface area contributed by atoms with Gasteiger partial charge in [-0.25, -0.2) is 13.2 Å². The number of carbonyl (C=O) groups is 1. The number of carboxylic acid groups (broad SMARTS) is 1. The number of aryl methyl sites for hydroxylation is 1. The maximum Gasteiger partial charge on any atom is 0.339 e. The van der Waals surface area contributed by atoms with E-state index in [2.05, 4.69) is 0 Å². The summed E-state index contributed by atoms with van der Waals surface area (Å²) in [5.41, 5.74) is 0.00380. The minimum Gasteiger partial charge on any atom is -0.478 e. The Morgan fingerprint density at radius 1 is 1.41 bits per heavy atom. The Hall–Kier alpha value is -1.30. The molecule has 0 fully saturated rings. The van der Waals surface area contributed by atoms with E-state index in [1.165, 1.54) is 13.0 Å². The van der Waals surface area contributed by atoms with Crippen LogP contribution in [0.25, 0.3) is 0 Å². The Bertz CT molecular complexity index is 531. The van der Waals surface area contributed by atoms with Crippen LogP contribution in [0.5, 0.6) is 0 Å². The Labute approximate surface area is 100 Å². The molecule has 0 aliphatic carbocycles. The summed E-state index contributed by atoms with van der Waals surface area (Å²) in [6.07, 6.45) is 0. The maximum absolute atomic E-state index is 11.9. The van der Waals surface area contributed by atoms with Crippen LogP contribution in [0.4, 0.5) is 0 Å². The van der Waals surface area contributed by atoms with E-state index < -0.39 is 20.6 Å². The number of hydrogen-bond acceptors (Lipinski definition) is 4. The monoisotopic (exact) mass is 260 g/mol. The van der Waals surface area contributed by atoms with Crippen molar-refractivity contribution in [3.05, 3.63) is 23.2 Å². The van der Waals surface area contributed by atoms with Gasteiger partial charge in [0.05, 0.1) is 4.75 Å². The fourth-order valence-corrected chi connectivity index (χ4v) is 2.18. The van der Waals surface area contributed by atoms with Crippen LogP contribution < -0.4 is 0 Å². The highest BCUT2D eigenvalue weighted by Crippen LogP contribution is 2.23. The fraction of sp³-hybridized carbons (Fsp3) is 0.545. The molecule has 6 heteroatoms. The van der Waals surface area contributed by atoms with E-state index in [0.717, 1.165) is 0 Å². The summed E-state index contributed by atoms with van der Waals surface area (Å²) in [7, 11) is -3.37. The van der Waals surface area contributed by atoms with Crippen LogP contribution >= 0.6 is 0 Å². The molecule has 1 N–H and O–H groups in total. The number of sulfone groups is 1. The zero-order chi connectivity index (χ0) is 13.4. The lowest BCUT2D eigenvalue weighted by molar-refractivity contribution is 0.0695.